The third-order valence-corrected chi connectivity index (χ3v) is 15.1. The molecule has 90 valence electrons. The lowest BCUT2D eigenvalue weighted by Crippen LogP contribution is -2.63. The molecule has 1 rings (SSSR count). The minimum atomic E-state index is -1.66. The summed E-state index contributed by atoms with van der Waals surface area (Å²) in [6.07, 6.45) is 3.80. The maximum Gasteiger partial charge on any atom is 0.201 e. The molecule has 1 aliphatic rings. The highest BCUT2D eigenvalue weighted by atomic mass is 28.4. The number of hydrogen-bond donors (Lipinski definition) is 0. The van der Waals surface area contributed by atoms with Gasteiger partial charge in [-0.3, -0.25) is 0 Å². The number of hydrogen-bond acceptors (Lipinski definition) is 2. The van der Waals surface area contributed by atoms with Gasteiger partial charge < -0.3 is 8.85 Å². The van der Waals surface area contributed by atoms with Crippen LogP contribution >= 0.6 is 0 Å². The van der Waals surface area contributed by atoms with Gasteiger partial charge in [-0.2, -0.15) is 0 Å². The first-order valence-electron chi connectivity index (χ1n) is 6.00. The minimum absolute atomic E-state index is 0.172. The van der Waals surface area contributed by atoms with Gasteiger partial charge >= 0.3 is 0 Å². The van der Waals surface area contributed by atoms with Crippen molar-refractivity contribution in [3.8, 4) is 0 Å². The summed E-state index contributed by atoms with van der Waals surface area (Å²) >= 11 is 0. The van der Waals surface area contributed by atoms with E-state index in [4.69, 9.17) is 8.85 Å². The molecule has 1 saturated heterocycles. The summed E-state index contributed by atoms with van der Waals surface area (Å²) < 4.78 is 12.6. The summed E-state index contributed by atoms with van der Waals surface area (Å²) in [6.45, 7) is 12.5. The van der Waals surface area contributed by atoms with Crippen LogP contribution in [0.5, 0.6) is 0 Å². The highest BCUT2D eigenvalue weighted by Crippen LogP contribution is 2.33. The van der Waals surface area contributed by atoms with Gasteiger partial charge in [-0.15, -0.1) is 0 Å². The fourth-order valence-corrected chi connectivity index (χ4v) is 12.0. The van der Waals surface area contributed by atoms with Crippen LogP contribution in [0.3, 0.4) is 0 Å². The Labute approximate surface area is 99.4 Å². The summed E-state index contributed by atoms with van der Waals surface area (Å²) in [6, 6.07) is 0. The third kappa shape index (κ3) is 3.52. The summed E-state index contributed by atoms with van der Waals surface area (Å²) in [5.74, 6) is 0. The van der Waals surface area contributed by atoms with E-state index >= 15 is 0 Å². The summed E-state index contributed by atoms with van der Waals surface area (Å²) in [5, 5.41) is 0. The molecule has 0 aliphatic carbocycles. The van der Waals surface area contributed by atoms with Crippen molar-refractivity contribution in [2.24, 2.45) is 0 Å². The number of rotatable bonds is 3. The Hall–Kier alpha value is 0.571. The lowest BCUT2D eigenvalue weighted by molar-refractivity contribution is 0.0222. The van der Waals surface area contributed by atoms with Gasteiger partial charge in [0.15, 0.2) is 8.32 Å². The normalized spacial score (nSPS) is 29.4. The Bertz CT molecular complexity index is 217. The average Bonchev–Trinajstić information content (AvgIpc) is 2.00. The topological polar surface area (TPSA) is 18.5 Å². The molecule has 0 amide bonds. The van der Waals surface area contributed by atoms with Crippen LogP contribution in [0.2, 0.25) is 32.7 Å². The molecule has 0 saturated carbocycles. The molecule has 0 spiro atoms. The van der Waals surface area contributed by atoms with Crippen molar-refractivity contribution < 1.29 is 8.85 Å². The predicted octanol–water partition coefficient (Wildman–Crippen LogP) is 1.84. The maximum atomic E-state index is 6.46. The van der Waals surface area contributed by atoms with E-state index in [0.717, 1.165) is 16.8 Å². The van der Waals surface area contributed by atoms with E-state index in [1.807, 2.05) is 0 Å². The second kappa shape index (κ2) is 4.44. The molecule has 0 N–H and O–H groups in total. The van der Waals surface area contributed by atoms with Crippen LogP contribution < -0.4 is 0 Å². The first kappa shape index (κ1) is 13.6. The van der Waals surface area contributed by atoms with Crippen LogP contribution in [-0.2, 0) is 8.85 Å². The first-order chi connectivity index (χ1) is 6.66. The maximum absolute atomic E-state index is 6.46. The van der Waals surface area contributed by atoms with E-state index in [1.165, 1.54) is 19.3 Å². The van der Waals surface area contributed by atoms with E-state index in [1.54, 1.807) is 0 Å². The lowest BCUT2D eigenvalue weighted by Gasteiger charge is -2.47. The quantitative estimate of drug-likeness (QED) is 0.723. The van der Waals surface area contributed by atoms with Crippen LogP contribution in [0.25, 0.3) is 0 Å². The second-order valence-corrected chi connectivity index (χ2v) is 18.0. The minimum Gasteiger partial charge on any atom is -0.454 e. The van der Waals surface area contributed by atoms with Gasteiger partial charge in [0.25, 0.3) is 0 Å². The van der Waals surface area contributed by atoms with Gasteiger partial charge in [-0.25, -0.2) is 0 Å². The zero-order valence-corrected chi connectivity index (χ0v) is 15.1. The molecular weight excluding hydrogens is 236 g/mol. The fraction of sp³-hybridized carbons (Fsp3) is 1.00. The molecule has 1 heterocycles. The van der Waals surface area contributed by atoms with E-state index in [0.29, 0.717) is 0 Å². The van der Waals surface area contributed by atoms with Crippen LogP contribution in [0.4, 0.5) is 0 Å². The molecule has 1 unspecified atom stereocenters. The predicted molar refractivity (Wildman–Crippen MR) is 74.4 cm³/mol. The Kier molecular flexibility index (Phi) is 4.04. The highest BCUT2D eigenvalue weighted by molar-refractivity contribution is 6.89. The Morgan fingerprint density at radius 2 is 1.73 bits per heavy atom. The lowest BCUT2D eigenvalue weighted by atomic mass is 10.2. The van der Waals surface area contributed by atoms with Gasteiger partial charge in [-0.05, 0) is 52.0 Å². The summed E-state index contributed by atoms with van der Waals surface area (Å²) in [4.78, 5) is 0.172. The Morgan fingerprint density at radius 3 is 2.13 bits per heavy atom. The summed E-state index contributed by atoms with van der Waals surface area (Å²) in [5.41, 5.74) is 0. The van der Waals surface area contributed by atoms with Crippen molar-refractivity contribution in [3.63, 3.8) is 0 Å². The molecule has 0 aromatic heterocycles. The first-order valence-corrected chi connectivity index (χ1v) is 13.3. The average molecular weight is 263 g/mol. The van der Waals surface area contributed by atoms with E-state index in [9.17, 15) is 0 Å². The third-order valence-electron chi connectivity index (χ3n) is 3.30. The number of ether oxygens (including phenoxy) is 1. The largest absolute Gasteiger partial charge is 0.454 e. The van der Waals surface area contributed by atoms with Gasteiger partial charge in [0.1, 0.15) is 0 Å². The monoisotopic (exact) mass is 262 g/mol. The van der Waals surface area contributed by atoms with Crippen molar-refractivity contribution in [2.75, 3.05) is 6.61 Å². The summed E-state index contributed by atoms with van der Waals surface area (Å²) in [7, 11) is -1.96. The van der Waals surface area contributed by atoms with Crippen molar-refractivity contribution >= 4 is 26.9 Å². The van der Waals surface area contributed by atoms with E-state index in [2.05, 4.69) is 32.7 Å². The fourth-order valence-electron chi connectivity index (χ4n) is 2.28. The van der Waals surface area contributed by atoms with Gasteiger partial charge in [0.05, 0.1) is 4.85 Å². The van der Waals surface area contributed by atoms with E-state index in [-0.39, 0.29) is 4.85 Å². The highest BCUT2D eigenvalue weighted by Gasteiger charge is 2.48. The van der Waals surface area contributed by atoms with Crippen LogP contribution in [0.1, 0.15) is 19.3 Å². The molecule has 0 aromatic rings. The molecule has 5 heteroatoms. The SMILES string of the molecule is C[Si](C)(C)O[Si](C)(C)C1([SiH3])CCCCO1. The van der Waals surface area contributed by atoms with Crippen molar-refractivity contribution in [2.45, 2.75) is 56.8 Å². The molecule has 1 aliphatic heterocycles. The van der Waals surface area contributed by atoms with E-state index < -0.39 is 16.6 Å². The van der Waals surface area contributed by atoms with Crippen molar-refractivity contribution in [3.05, 3.63) is 0 Å². The Morgan fingerprint density at radius 1 is 1.13 bits per heavy atom. The smallest absolute Gasteiger partial charge is 0.201 e. The second-order valence-electron chi connectivity index (χ2n) is 6.26. The molecule has 1 fully saturated rings. The Balaban J connectivity index is 2.74. The molecule has 0 bridgehead atoms. The molecule has 15 heavy (non-hydrogen) atoms. The van der Waals surface area contributed by atoms with Gasteiger partial charge in [0, 0.05) is 16.8 Å². The van der Waals surface area contributed by atoms with Crippen molar-refractivity contribution in [1.82, 2.24) is 0 Å². The molecular formula is C10H26O2Si3. The molecule has 2 nitrogen and oxygen atoms in total. The van der Waals surface area contributed by atoms with Crippen LogP contribution in [0, 0.1) is 0 Å². The van der Waals surface area contributed by atoms with Crippen LogP contribution in [0.15, 0.2) is 0 Å². The zero-order chi connectivity index (χ0) is 11.7. The standard InChI is InChI=1S/C10H26O2Si3/c1-14(2,3)12-15(4,5)10(13)8-6-7-9-11-10/h6-9H2,1-5,13H3. The van der Waals surface area contributed by atoms with Gasteiger partial charge in [0.2, 0.25) is 8.32 Å². The molecule has 0 aromatic carbocycles. The molecule has 0 radical (unpaired) electrons. The van der Waals surface area contributed by atoms with Gasteiger partial charge in [-0.1, -0.05) is 0 Å². The molecule has 1 atom stereocenters. The van der Waals surface area contributed by atoms with Crippen LogP contribution in [-0.4, -0.2) is 38.3 Å². The van der Waals surface area contributed by atoms with Crippen molar-refractivity contribution in [1.29, 1.82) is 0 Å². The zero-order valence-electron chi connectivity index (χ0n) is 11.1.